The minimum Gasteiger partial charge on any atom is -0.368 e. The van der Waals surface area contributed by atoms with Gasteiger partial charge in [0.05, 0.1) is 13.2 Å². The molecule has 0 N–H and O–H groups in total. The Kier molecular flexibility index (Phi) is 5.86. The Morgan fingerprint density at radius 2 is 0.875 bits per heavy atom. The van der Waals surface area contributed by atoms with Crippen LogP contribution in [0.5, 0.6) is 0 Å². The summed E-state index contributed by atoms with van der Waals surface area (Å²) in [6.45, 7) is 8.62. The SMILES string of the molecule is CC1(C)O[C@@H]2C(OCc3ccccc3)[C@H]3OC(C)(C)O[C@H]3C(OCc3ccccc3)[C@H]2O1. The van der Waals surface area contributed by atoms with Crippen molar-refractivity contribution < 1.29 is 28.4 Å². The standard InChI is InChI=1S/C26H32O6/c1-25(2)29-21-19(27-15-17-11-7-5-8-12-17)23-24(32-26(3,4)31-23)20(22(21)30-25)28-16-18-13-9-6-10-14-18/h5-14,19-24H,15-16H2,1-4H3/t19?,20?,21-,22-,23-,24+/m1/s1. The summed E-state index contributed by atoms with van der Waals surface area (Å²) in [5.41, 5.74) is 2.19. The lowest BCUT2D eigenvalue weighted by Gasteiger charge is -2.42. The lowest BCUT2D eigenvalue weighted by molar-refractivity contribution is -0.191. The van der Waals surface area contributed by atoms with E-state index >= 15 is 0 Å². The zero-order chi connectivity index (χ0) is 22.3. The van der Waals surface area contributed by atoms with Crippen molar-refractivity contribution in [2.24, 2.45) is 0 Å². The van der Waals surface area contributed by atoms with Gasteiger partial charge in [-0.2, -0.15) is 0 Å². The Morgan fingerprint density at radius 3 is 1.19 bits per heavy atom. The summed E-state index contributed by atoms with van der Waals surface area (Å²) < 4.78 is 38.3. The summed E-state index contributed by atoms with van der Waals surface area (Å²) in [5, 5.41) is 0. The van der Waals surface area contributed by atoms with Crippen molar-refractivity contribution in [2.45, 2.75) is 89.1 Å². The molecule has 6 nitrogen and oxygen atoms in total. The third kappa shape index (κ3) is 4.49. The van der Waals surface area contributed by atoms with E-state index in [0.29, 0.717) is 13.2 Å². The first-order valence-corrected chi connectivity index (χ1v) is 11.3. The fraction of sp³-hybridized carbons (Fsp3) is 0.538. The Morgan fingerprint density at radius 1 is 0.562 bits per heavy atom. The fourth-order valence-electron chi connectivity index (χ4n) is 4.94. The Labute approximate surface area is 189 Å². The van der Waals surface area contributed by atoms with E-state index in [0.717, 1.165) is 11.1 Å². The maximum absolute atomic E-state index is 6.43. The first-order valence-electron chi connectivity index (χ1n) is 11.3. The molecule has 0 bridgehead atoms. The molecule has 1 aliphatic carbocycles. The molecular weight excluding hydrogens is 408 g/mol. The van der Waals surface area contributed by atoms with Crippen LogP contribution in [-0.2, 0) is 41.6 Å². The topological polar surface area (TPSA) is 55.4 Å². The van der Waals surface area contributed by atoms with Gasteiger partial charge in [-0.05, 0) is 38.8 Å². The van der Waals surface area contributed by atoms with Crippen LogP contribution in [0.15, 0.2) is 60.7 Å². The summed E-state index contributed by atoms with van der Waals surface area (Å²) in [6.07, 6.45) is -1.99. The van der Waals surface area contributed by atoms with Crippen LogP contribution in [0.3, 0.4) is 0 Å². The van der Waals surface area contributed by atoms with Gasteiger partial charge in [0.25, 0.3) is 0 Å². The maximum atomic E-state index is 6.43. The minimum atomic E-state index is -0.744. The largest absolute Gasteiger partial charge is 0.368 e. The zero-order valence-electron chi connectivity index (χ0n) is 19.1. The molecule has 2 aromatic carbocycles. The molecule has 0 radical (unpaired) electrons. The number of fused-ring (bicyclic) bond motifs is 2. The summed E-state index contributed by atoms with van der Waals surface area (Å²) in [6, 6.07) is 20.2. The third-order valence-electron chi connectivity index (χ3n) is 6.19. The molecule has 2 heterocycles. The van der Waals surface area contributed by atoms with Gasteiger partial charge in [-0.25, -0.2) is 0 Å². The predicted octanol–water partition coefficient (Wildman–Crippen LogP) is 4.21. The second kappa shape index (κ2) is 8.52. The van der Waals surface area contributed by atoms with Crippen LogP contribution in [0.2, 0.25) is 0 Å². The molecule has 3 aliphatic rings. The van der Waals surface area contributed by atoms with Crippen LogP contribution in [0, 0.1) is 0 Å². The van der Waals surface area contributed by atoms with Crippen LogP contribution in [-0.4, -0.2) is 48.2 Å². The van der Waals surface area contributed by atoms with Crippen molar-refractivity contribution in [1.82, 2.24) is 0 Å². The van der Waals surface area contributed by atoms with Gasteiger partial charge in [-0.1, -0.05) is 60.7 Å². The molecule has 0 aromatic heterocycles. The Balaban J connectivity index is 1.41. The highest BCUT2D eigenvalue weighted by atomic mass is 16.8. The van der Waals surface area contributed by atoms with E-state index in [4.69, 9.17) is 28.4 Å². The molecule has 2 aliphatic heterocycles. The van der Waals surface area contributed by atoms with Gasteiger partial charge < -0.3 is 28.4 Å². The maximum Gasteiger partial charge on any atom is 0.164 e. The van der Waals surface area contributed by atoms with E-state index in [1.807, 2.05) is 64.1 Å². The van der Waals surface area contributed by atoms with Crippen LogP contribution in [0.25, 0.3) is 0 Å². The summed E-state index contributed by atoms with van der Waals surface area (Å²) in [5.74, 6) is -1.49. The molecule has 172 valence electrons. The first kappa shape index (κ1) is 22.0. The zero-order valence-corrected chi connectivity index (χ0v) is 19.1. The van der Waals surface area contributed by atoms with Crippen LogP contribution in [0.4, 0.5) is 0 Å². The number of benzene rings is 2. The highest BCUT2D eigenvalue weighted by Crippen LogP contribution is 2.46. The molecular formula is C26H32O6. The quantitative estimate of drug-likeness (QED) is 0.671. The van der Waals surface area contributed by atoms with E-state index in [1.54, 1.807) is 0 Å². The molecule has 2 aromatic rings. The average molecular weight is 441 g/mol. The predicted molar refractivity (Wildman–Crippen MR) is 118 cm³/mol. The highest BCUT2D eigenvalue weighted by molar-refractivity contribution is 5.16. The second-order valence-corrected chi connectivity index (χ2v) is 9.65. The van der Waals surface area contributed by atoms with Crippen LogP contribution in [0.1, 0.15) is 38.8 Å². The number of rotatable bonds is 6. The molecule has 6 heteroatoms. The van der Waals surface area contributed by atoms with Gasteiger partial charge in [0.2, 0.25) is 0 Å². The Hall–Kier alpha value is -1.80. The molecule has 0 spiro atoms. The van der Waals surface area contributed by atoms with E-state index in [-0.39, 0.29) is 36.6 Å². The Bertz CT molecular complexity index is 796. The van der Waals surface area contributed by atoms with Crippen molar-refractivity contribution in [2.75, 3.05) is 0 Å². The van der Waals surface area contributed by atoms with Gasteiger partial charge in [0.15, 0.2) is 11.6 Å². The van der Waals surface area contributed by atoms with Crippen molar-refractivity contribution in [3.8, 4) is 0 Å². The lowest BCUT2D eigenvalue weighted by Crippen LogP contribution is -2.62. The normalized spacial score (nSPS) is 34.8. The van der Waals surface area contributed by atoms with Crippen molar-refractivity contribution in [3.63, 3.8) is 0 Å². The monoisotopic (exact) mass is 440 g/mol. The van der Waals surface area contributed by atoms with E-state index in [1.165, 1.54) is 0 Å². The fourth-order valence-corrected chi connectivity index (χ4v) is 4.94. The highest BCUT2D eigenvalue weighted by Gasteiger charge is 2.64. The van der Waals surface area contributed by atoms with Gasteiger partial charge in [-0.3, -0.25) is 0 Å². The van der Waals surface area contributed by atoms with Crippen LogP contribution >= 0.6 is 0 Å². The van der Waals surface area contributed by atoms with E-state index in [2.05, 4.69) is 24.3 Å². The molecule has 1 saturated carbocycles. The number of hydrogen-bond acceptors (Lipinski definition) is 6. The van der Waals surface area contributed by atoms with Crippen molar-refractivity contribution >= 4 is 0 Å². The van der Waals surface area contributed by atoms with E-state index in [9.17, 15) is 0 Å². The minimum absolute atomic E-state index is 0.326. The molecule has 3 fully saturated rings. The molecule has 0 amide bonds. The van der Waals surface area contributed by atoms with Gasteiger partial charge in [-0.15, -0.1) is 0 Å². The van der Waals surface area contributed by atoms with Gasteiger partial charge >= 0.3 is 0 Å². The van der Waals surface area contributed by atoms with Crippen molar-refractivity contribution in [1.29, 1.82) is 0 Å². The van der Waals surface area contributed by atoms with Crippen LogP contribution < -0.4 is 0 Å². The number of hydrogen-bond donors (Lipinski definition) is 0. The molecule has 5 rings (SSSR count). The molecule has 32 heavy (non-hydrogen) atoms. The summed E-state index contributed by atoms with van der Waals surface area (Å²) in [7, 11) is 0. The molecule has 2 unspecified atom stereocenters. The average Bonchev–Trinajstić information content (AvgIpc) is 3.26. The number of ether oxygens (including phenoxy) is 6. The summed E-state index contributed by atoms with van der Waals surface area (Å²) >= 11 is 0. The second-order valence-electron chi connectivity index (χ2n) is 9.65. The first-order chi connectivity index (χ1) is 15.3. The van der Waals surface area contributed by atoms with Crippen molar-refractivity contribution in [3.05, 3.63) is 71.8 Å². The molecule has 2 saturated heterocycles. The summed E-state index contributed by atoms with van der Waals surface area (Å²) in [4.78, 5) is 0. The van der Waals surface area contributed by atoms with Gasteiger partial charge in [0.1, 0.15) is 36.6 Å². The molecule has 6 atom stereocenters. The smallest absolute Gasteiger partial charge is 0.164 e. The lowest BCUT2D eigenvalue weighted by atomic mass is 9.84. The van der Waals surface area contributed by atoms with E-state index < -0.39 is 11.6 Å². The van der Waals surface area contributed by atoms with Gasteiger partial charge in [0, 0.05) is 0 Å². The third-order valence-corrected chi connectivity index (χ3v) is 6.19.